The molecule has 2 rings (SSSR count). The Morgan fingerprint density at radius 1 is 1.16 bits per heavy atom. The molecule has 0 aliphatic carbocycles. The van der Waals surface area contributed by atoms with Crippen LogP contribution in [0.4, 0.5) is 5.82 Å². The minimum atomic E-state index is 0.304. The molecule has 1 aliphatic rings. The molecule has 0 saturated carbocycles. The molecule has 0 unspecified atom stereocenters. The number of nitrogens with zero attached hydrogens (tertiary/aromatic N) is 4. The van der Waals surface area contributed by atoms with Crippen LogP contribution in [-0.4, -0.2) is 57.8 Å². The van der Waals surface area contributed by atoms with E-state index in [2.05, 4.69) is 35.7 Å². The molecule has 1 fully saturated rings. The van der Waals surface area contributed by atoms with Crippen LogP contribution >= 0.6 is 0 Å². The number of nitrogen functional groups attached to an aromatic ring is 1. The summed E-state index contributed by atoms with van der Waals surface area (Å²) in [6, 6.07) is 1.85. The number of piperazine rings is 1. The summed E-state index contributed by atoms with van der Waals surface area (Å²) in [5.41, 5.74) is 5.91. The Kier molecular flexibility index (Phi) is 4.47. The molecule has 2 N–H and O–H groups in total. The van der Waals surface area contributed by atoms with Crippen molar-refractivity contribution in [1.82, 2.24) is 19.6 Å². The van der Waals surface area contributed by atoms with Crippen molar-refractivity contribution in [2.75, 3.05) is 38.5 Å². The lowest BCUT2D eigenvalue weighted by Crippen LogP contribution is -2.53. The molecular weight excluding hydrogens is 238 g/mol. The predicted molar refractivity (Wildman–Crippen MR) is 79.0 cm³/mol. The second kappa shape index (κ2) is 5.92. The summed E-state index contributed by atoms with van der Waals surface area (Å²) in [5, 5.41) is 4.21. The zero-order valence-corrected chi connectivity index (χ0v) is 12.5. The van der Waals surface area contributed by atoms with Crippen LogP contribution in [0.15, 0.2) is 12.3 Å². The Morgan fingerprint density at radius 3 is 2.37 bits per heavy atom. The number of nitrogens with two attached hydrogens (primary N) is 1. The summed E-state index contributed by atoms with van der Waals surface area (Å²) in [6.07, 6.45) is 3.09. The second-order valence-electron chi connectivity index (χ2n) is 6.36. The van der Waals surface area contributed by atoms with Gasteiger partial charge in [0.25, 0.3) is 0 Å². The van der Waals surface area contributed by atoms with Crippen LogP contribution in [0, 0.1) is 0 Å². The van der Waals surface area contributed by atoms with Crippen LogP contribution in [0.3, 0.4) is 0 Å². The fourth-order valence-electron chi connectivity index (χ4n) is 2.60. The Hall–Kier alpha value is -1.07. The standard InChI is InChI=1S/C14H27N5/c1-14(2,3)18-11-9-17(10-12-18)6-4-7-19-8-5-13(15)16-19/h5,8H,4,6-7,9-12H2,1-3H3,(H2,15,16). The fraction of sp³-hybridized carbons (Fsp3) is 0.786. The highest BCUT2D eigenvalue weighted by Gasteiger charge is 2.25. The minimum Gasteiger partial charge on any atom is -0.382 e. The Morgan fingerprint density at radius 2 is 1.84 bits per heavy atom. The lowest BCUT2D eigenvalue weighted by molar-refractivity contribution is 0.0613. The highest BCUT2D eigenvalue weighted by atomic mass is 15.3. The molecule has 1 aromatic rings. The molecule has 1 aliphatic heterocycles. The molecule has 1 saturated heterocycles. The first-order chi connectivity index (χ1) is 8.95. The van der Waals surface area contributed by atoms with Gasteiger partial charge in [0, 0.05) is 44.5 Å². The van der Waals surface area contributed by atoms with E-state index >= 15 is 0 Å². The third-order valence-corrected chi connectivity index (χ3v) is 3.84. The van der Waals surface area contributed by atoms with Gasteiger partial charge in [0.1, 0.15) is 5.82 Å². The van der Waals surface area contributed by atoms with Crippen LogP contribution < -0.4 is 5.73 Å². The van der Waals surface area contributed by atoms with Crippen LogP contribution in [0.5, 0.6) is 0 Å². The lowest BCUT2D eigenvalue weighted by atomic mass is 10.0. The van der Waals surface area contributed by atoms with Gasteiger partial charge in [0.2, 0.25) is 0 Å². The maximum absolute atomic E-state index is 5.60. The molecule has 0 atom stereocenters. The smallest absolute Gasteiger partial charge is 0.145 e. The number of hydrogen-bond donors (Lipinski definition) is 1. The topological polar surface area (TPSA) is 50.3 Å². The minimum absolute atomic E-state index is 0.304. The SMILES string of the molecule is CC(C)(C)N1CCN(CCCn2ccc(N)n2)CC1. The van der Waals surface area contributed by atoms with Gasteiger partial charge in [-0.2, -0.15) is 5.10 Å². The predicted octanol–water partition coefficient (Wildman–Crippen LogP) is 1.27. The van der Waals surface area contributed by atoms with E-state index in [-0.39, 0.29) is 0 Å². The number of hydrogen-bond acceptors (Lipinski definition) is 4. The first kappa shape index (κ1) is 14.3. The van der Waals surface area contributed by atoms with E-state index in [0.717, 1.165) is 19.5 Å². The molecule has 5 heteroatoms. The third kappa shape index (κ3) is 4.21. The highest BCUT2D eigenvalue weighted by Crippen LogP contribution is 2.15. The zero-order valence-electron chi connectivity index (χ0n) is 12.5. The van der Waals surface area contributed by atoms with E-state index in [1.807, 2.05) is 16.9 Å². The van der Waals surface area contributed by atoms with Crippen molar-refractivity contribution in [2.24, 2.45) is 0 Å². The summed E-state index contributed by atoms with van der Waals surface area (Å²) < 4.78 is 1.93. The van der Waals surface area contributed by atoms with Crippen molar-refractivity contribution < 1.29 is 0 Å². The van der Waals surface area contributed by atoms with E-state index < -0.39 is 0 Å². The van der Waals surface area contributed by atoms with Crippen LogP contribution in [0.25, 0.3) is 0 Å². The Balaban J connectivity index is 1.66. The normalized spacial score (nSPS) is 18.9. The van der Waals surface area contributed by atoms with E-state index in [0.29, 0.717) is 11.4 Å². The van der Waals surface area contributed by atoms with E-state index in [1.165, 1.54) is 26.2 Å². The molecule has 2 heterocycles. The number of aromatic nitrogens is 2. The maximum Gasteiger partial charge on any atom is 0.145 e. The second-order valence-corrected chi connectivity index (χ2v) is 6.36. The molecule has 0 radical (unpaired) electrons. The van der Waals surface area contributed by atoms with Crippen molar-refractivity contribution in [1.29, 1.82) is 0 Å². The van der Waals surface area contributed by atoms with Crippen LogP contribution in [0.2, 0.25) is 0 Å². The van der Waals surface area contributed by atoms with Crippen molar-refractivity contribution in [3.63, 3.8) is 0 Å². The molecule has 0 bridgehead atoms. The Labute approximate surface area is 116 Å². The molecule has 1 aromatic heterocycles. The first-order valence-electron chi connectivity index (χ1n) is 7.21. The van der Waals surface area contributed by atoms with Gasteiger partial charge < -0.3 is 10.6 Å². The van der Waals surface area contributed by atoms with Gasteiger partial charge in [0.05, 0.1) is 0 Å². The average molecular weight is 265 g/mol. The van der Waals surface area contributed by atoms with E-state index in [4.69, 9.17) is 5.73 Å². The lowest BCUT2D eigenvalue weighted by Gasteiger charge is -2.42. The van der Waals surface area contributed by atoms with E-state index in [9.17, 15) is 0 Å². The van der Waals surface area contributed by atoms with Gasteiger partial charge in [-0.3, -0.25) is 9.58 Å². The maximum atomic E-state index is 5.60. The third-order valence-electron chi connectivity index (χ3n) is 3.84. The van der Waals surface area contributed by atoms with Crippen molar-refractivity contribution in [3.05, 3.63) is 12.3 Å². The van der Waals surface area contributed by atoms with Crippen LogP contribution in [0.1, 0.15) is 27.2 Å². The average Bonchev–Trinajstić information content (AvgIpc) is 2.75. The fourth-order valence-corrected chi connectivity index (χ4v) is 2.60. The Bertz CT molecular complexity index is 385. The van der Waals surface area contributed by atoms with Gasteiger partial charge in [-0.05, 0) is 39.8 Å². The van der Waals surface area contributed by atoms with Gasteiger partial charge in [0.15, 0.2) is 0 Å². The summed E-state index contributed by atoms with van der Waals surface area (Å²) >= 11 is 0. The van der Waals surface area contributed by atoms with Crippen molar-refractivity contribution in [2.45, 2.75) is 39.3 Å². The monoisotopic (exact) mass is 265 g/mol. The summed E-state index contributed by atoms with van der Waals surface area (Å²) in [5.74, 6) is 0.610. The van der Waals surface area contributed by atoms with Gasteiger partial charge in [-0.1, -0.05) is 0 Å². The summed E-state index contributed by atoms with van der Waals surface area (Å²) in [7, 11) is 0. The van der Waals surface area contributed by atoms with Gasteiger partial charge in [-0.15, -0.1) is 0 Å². The molecule has 108 valence electrons. The first-order valence-corrected chi connectivity index (χ1v) is 7.21. The molecule has 0 spiro atoms. The van der Waals surface area contributed by atoms with Crippen molar-refractivity contribution in [3.8, 4) is 0 Å². The summed E-state index contributed by atoms with van der Waals surface area (Å²) in [6.45, 7) is 13.7. The molecule has 19 heavy (non-hydrogen) atoms. The summed E-state index contributed by atoms with van der Waals surface area (Å²) in [4.78, 5) is 5.12. The number of anilines is 1. The quantitative estimate of drug-likeness (QED) is 0.891. The zero-order chi connectivity index (χ0) is 13.9. The molecule has 0 aromatic carbocycles. The molecule has 5 nitrogen and oxygen atoms in total. The number of aryl methyl sites for hydroxylation is 1. The van der Waals surface area contributed by atoms with Gasteiger partial charge in [-0.25, -0.2) is 0 Å². The number of rotatable bonds is 4. The highest BCUT2D eigenvalue weighted by molar-refractivity contribution is 5.23. The largest absolute Gasteiger partial charge is 0.382 e. The molecular formula is C14H27N5. The van der Waals surface area contributed by atoms with Crippen LogP contribution in [-0.2, 0) is 6.54 Å². The van der Waals surface area contributed by atoms with E-state index in [1.54, 1.807) is 0 Å². The van der Waals surface area contributed by atoms with Crippen molar-refractivity contribution >= 4 is 5.82 Å². The van der Waals surface area contributed by atoms with Gasteiger partial charge >= 0.3 is 0 Å². The molecule has 0 amide bonds.